The highest BCUT2D eigenvalue weighted by Crippen LogP contribution is 2.24. The lowest BCUT2D eigenvalue weighted by atomic mass is 10.1. The molecule has 0 aromatic heterocycles. The first kappa shape index (κ1) is 14.4. The van der Waals surface area contributed by atoms with E-state index in [2.05, 4.69) is 11.9 Å². The van der Waals surface area contributed by atoms with Crippen LogP contribution in [-0.4, -0.2) is 29.2 Å². The lowest BCUT2D eigenvalue weighted by Crippen LogP contribution is -2.42. The van der Waals surface area contributed by atoms with Gasteiger partial charge in [0, 0.05) is 24.6 Å². The van der Waals surface area contributed by atoms with Crippen LogP contribution in [0.15, 0.2) is 24.7 Å². The first-order chi connectivity index (χ1) is 8.35. The number of nitrogens with one attached hydrogen (secondary N) is 1. The Kier molecular flexibility index (Phi) is 4.64. The molecule has 0 bridgehead atoms. The van der Waals surface area contributed by atoms with Crippen molar-refractivity contribution in [3.8, 4) is 0 Å². The Bertz CT molecular complexity index is 345. The van der Waals surface area contributed by atoms with Crippen LogP contribution in [0.25, 0.3) is 0 Å². The average Bonchev–Trinajstić information content (AvgIpc) is 2.72. The van der Waals surface area contributed by atoms with Gasteiger partial charge in [-0.15, -0.1) is 0 Å². The molecule has 1 heterocycles. The summed E-state index contributed by atoms with van der Waals surface area (Å²) in [6.07, 6.45) is 4.57. The third-order valence-electron chi connectivity index (χ3n) is 2.65. The van der Waals surface area contributed by atoms with Gasteiger partial charge in [-0.2, -0.15) is 0 Å². The molecule has 0 radical (unpaired) electrons. The molecule has 3 N–H and O–H groups in total. The van der Waals surface area contributed by atoms with Gasteiger partial charge >= 0.3 is 6.09 Å². The third kappa shape index (κ3) is 3.98. The number of rotatable bonds is 3. The summed E-state index contributed by atoms with van der Waals surface area (Å²) >= 11 is 0. The number of hydrogen-bond acceptors (Lipinski definition) is 4. The van der Waals surface area contributed by atoms with E-state index in [1.807, 2.05) is 20.8 Å². The summed E-state index contributed by atoms with van der Waals surface area (Å²) in [4.78, 5) is 13.8. The highest BCUT2D eigenvalue weighted by Gasteiger charge is 2.33. The van der Waals surface area contributed by atoms with Crippen LogP contribution in [-0.2, 0) is 4.74 Å². The van der Waals surface area contributed by atoms with Gasteiger partial charge in [0.05, 0.1) is 6.04 Å². The van der Waals surface area contributed by atoms with E-state index in [0.717, 1.165) is 18.5 Å². The van der Waals surface area contributed by atoms with Gasteiger partial charge < -0.3 is 15.8 Å². The van der Waals surface area contributed by atoms with Crippen LogP contribution < -0.4 is 11.1 Å². The maximum Gasteiger partial charge on any atom is 0.410 e. The monoisotopic (exact) mass is 253 g/mol. The van der Waals surface area contributed by atoms with E-state index in [0.29, 0.717) is 6.54 Å². The number of carbonyl (C=O) groups is 1. The van der Waals surface area contributed by atoms with Crippen molar-refractivity contribution in [1.82, 2.24) is 10.2 Å². The average molecular weight is 253 g/mol. The second-order valence-corrected chi connectivity index (χ2v) is 5.36. The molecule has 1 aliphatic heterocycles. The molecule has 5 heteroatoms. The molecule has 1 saturated heterocycles. The standard InChI is InChI=1S/C13H23N3O2/c1-10(15-8-7-14)11-6-5-9-16(11)12(17)18-13(2,3)4/h7-8,11,15H,1,5-6,9,14H2,2-4H3/b8-7-/t11-/m1/s1. The quantitative estimate of drug-likeness (QED) is 0.806. The Morgan fingerprint density at radius 1 is 1.56 bits per heavy atom. The summed E-state index contributed by atoms with van der Waals surface area (Å²) in [6, 6.07) is -0.0314. The molecule has 1 amide bonds. The van der Waals surface area contributed by atoms with Crippen molar-refractivity contribution in [1.29, 1.82) is 0 Å². The van der Waals surface area contributed by atoms with Crippen LogP contribution in [0.4, 0.5) is 4.79 Å². The third-order valence-corrected chi connectivity index (χ3v) is 2.65. The first-order valence-electron chi connectivity index (χ1n) is 6.17. The number of amides is 1. The first-order valence-corrected chi connectivity index (χ1v) is 6.17. The van der Waals surface area contributed by atoms with Crippen LogP contribution >= 0.6 is 0 Å². The maximum atomic E-state index is 12.0. The number of carbonyl (C=O) groups excluding carboxylic acids is 1. The number of likely N-dealkylation sites (tertiary alicyclic amines) is 1. The molecule has 1 atom stereocenters. The summed E-state index contributed by atoms with van der Waals surface area (Å²) in [5.41, 5.74) is 5.55. The topological polar surface area (TPSA) is 67.6 Å². The van der Waals surface area contributed by atoms with E-state index in [4.69, 9.17) is 10.5 Å². The predicted octanol–water partition coefficient (Wildman–Crippen LogP) is 1.92. The van der Waals surface area contributed by atoms with Gasteiger partial charge in [-0.05, 0) is 33.6 Å². The summed E-state index contributed by atoms with van der Waals surface area (Å²) < 4.78 is 5.38. The smallest absolute Gasteiger partial charge is 0.410 e. The molecule has 5 nitrogen and oxygen atoms in total. The molecule has 102 valence electrons. The zero-order valence-electron chi connectivity index (χ0n) is 11.4. The number of nitrogens with two attached hydrogens (primary N) is 1. The van der Waals surface area contributed by atoms with Crippen molar-refractivity contribution in [2.75, 3.05) is 6.54 Å². The SMILES string of the molecule is C=C(N/C=C\N)[C@H]1CCCN1C(=O)OC(C)(C)C. The van der Waals surface area contributed by atoms with Gasteiger partial charge in [0.25, 0.3) is 0 Å². The van der Waals surface area contributed by atoms with Gasteiger partial charge in [0.2, 0.25) is 0 Å². The second kappa shape index (κ2) is 5.80. The number of nitrogens with zero attached hydrogens (tertiary/aromatic N) is 1. The van der Waals surface area contributed by atoms with Crippen molar-refractivity contribution in [3.05, 3.63) is 24.7 Å². The van der Waals surface area contributed by atoms with Gasteiger partial charge in [-0.3, -0.25) is 4.90 Å². The van der Waals surface area contributed by atoms with Gasteiger partial charge in [0.15, 0.2) is 0 Å². The summed E-state index contributed by atoms with van der Waals surface area (Å²) in [5, 5.41) is 2.97. The Balaban J connectivity index is 2.64. The lowest BCUT2D eigenvalue weighted by molar-refractivity contribution is 0.0246. The Labute approximate surface area is 109 Å². The molecular formula is C13H23N3O2. The Morgan fingerprint density at radius 2 is 2.22 bits per heavy atom. The molecule has 1 aliphatic rings. The van der Waals surface area contributed by atoms with E-state index < -0.39 is 5.60 Å². The molecule has 0 saturated carbocycles. The molecule has 18 heavy (non-hydrogen) atoms. The maximum absolute atomic E-state index is 12.0. The van der Waals surface area contributed by atoms with E-state index in [1.165, 1.54) is 6.20 Å². The minimum absolute atomic E-state index is 0.0314. The molecule has 0 unspecified atom stereocenters. The molecule has 1 rings (SSSR count). The van der Waals surface area contributed by atoms with E-state index in [9.17, 15) is 4.79 Å². The van der Waals surface area contributed by atoms with Crippen molar-refractivity contribution < 1.29 is 9.53 Å². The number of hydrogen-bond donors (Lipinski definition) is 2. The molecule has 0 aromatic rings. The van der Waals surface area contributed by atoms with Crippen LogP contribution in [0.3, 0.4) is 0 Å². The van der Waals surface area contributed by atoms with E-state index >= 15 is 0 Å². The van der Waals surface area contributed by atoms with Crippen LogP contribution in [0.2, 0.25) is 0 Å². The van der Waals surface area contributed by atoms with Crippen LogP contribution in [0.5, 0.6) is 0 Å². The lowest BCUT2D eigenvalue weighted by Gasteiger charge is -2.29. The molecular weight excluding hydrogens is 230 g/mol. The minimum Gasteiger partial charge on any atom is -0.444 e. The Hall–Kier alpha value is -1.65. The van der Waals surface area contributed by atoms with E-state index in [1.54, 1.807) is 11.1 Å². The van der Waals surface area contributed by atoms with E-state index in [-0.39, 0.29) is 12.1 Å². The van der Waals surface area contributed by atoms with Crippen LogP contribution in [0, 0.1) is 0 Å². The summed E-state index contributed by atoms with van der Waals surface area (Å²) in [6.45, 7) is 10.2. The van der Waals surface area contributed by atoms with Gasteiger partial charge in [0.1, 0.15) is 5.60 Å². The molecule has 0 aromatic carbocycles. The molecule has 0 spiro atoms. The highest BCUT2D eigenvalue weighted by molar-refractivity contribution is 5.69. The van der Waals surface area contributed by atoms with Crippen LogP contribution in [0.1, 0.15) is 33.6 Å². The normalized spacial score (nSPS) is 20.2. The van der Waals surface area contributed by atoms with Crippen molar-refractivity contribution in [3.63, 3.8) is 0 Å². The molecule has 0 aliphatic carbocycles. The largest absolute Gasteiger partial charge is 0.444 e. The van der Waals surface area contributed by atoms with Crippen molar-refractivity contribution in [2.45, 2.75) is 45.3 Å². The highest BCUT2D eigenvalue weighted by atomic mass is 16.6. The fourth-order valence-corrected chi connectivity index (χ4v) is 1.92. The fourth-order valence-electron chi connectivity index (χ4n) is 1.92. The predicted molar refractivity (Wildman–Crippen MR) is 71.6 cm³/mol. The number of ether oxygens (including phenoxy) is 1. The van der Waals surface area contributed by atoms with Gasteiger partial charge in [-0.25, -0.2) is 4.79 Å². The molecule has 1 fully saturated rings. The van der Waals surface area contributed by atoms with Gasteiger partial charge in [-0.1, -0.05) is 6.58 Å². The minimum atomic E-state index is -0.476. The van der Waals surface area contributed by atoms with Crippen molar-refractivity contribution in [2.24, 2.45) is 5.73 Å². The van der Waals surface area contributed by atoms with Crippen molar-refractivity contribution >= 4 is 6.09 Å². The zero-order chi connectivity index (χ0) is 13.8. The summed E-state index contributed by atoms with van der Waals surface area (Å²) in [5.74, 6) is 0. The zero-order valence-corrected chi connectivity index (χ0v) is 11.4. The second-order valence-electron chi connectivity index (χ2n) is 5.36. The fraction of sp³-hybridized carbons (Fsp3) is 0.615. The Morgan fingerprint density at radius 3 is 2.78 bits per heavy atom. The summed E-state index contributed by atoms with van der Waals surface area (Å²) in [7, 11) is 0.